The van der Waals surface area contributed by atoms with Crippen molar-refractivity contribution < 1.29 is 22.3 Å². The van der Waals surface area contributed by atoms with Crippen molar-refractivity contribution in [1.82, 2.24) is 4.90 Å². The third-order valence-corrected chi connectivity index (χ3v) is 5.72. The zero-order valence-electron chi connectivity index (χ0n) is 14.5. The molecule has 6 nitrogen and oxygen atoms in total. The molecule has 0 fully saturated rings. The molecule has 0 bridgehead atoms. The molecule has 1 aliphatic rings. The molecule has 26 heavy (non-hydrogen) atoms. The van der Waals surface area contributed by atoms with E-state index in [-0.39, 0.29) is 10.5 Å². The van der Waals surface area contributed by atoms with Crippen LogP contribution in [0.2, 0.25) is 0 Å². The van der Waals surface area contributed by atoms with Gasteiger partial charge in [0.25, 0.3) is 10.0 Å². The predicted octanol–water partition coefficient (Wildman–Crippen LogP) is 3.06. The van der Waals surface area contributed by atoms with Crippen molar-refractivity contribution in [2.45, 2.75) is 24.8 Å². The molecular formula is C18H19FN2O4S. The summed E-state index contributed by atoms with van der Waals surface area (Å²) >= 11 is 0. The summed E-state index contributed by atoms with van der Waals surface area (Å²) in [7, 11) is -2.51. The molecule has 0 saturated heterocycles. The number of halogens is 1. The van der Waals surface area contributed by atoms with Crippen LogP contribution in [0.4, 0.5) is 14.9 Å². The Bertz CT molecular complexity index is 960. The number of hydrogen-bond acceptors (Lipinski definition) is 4. The minimum atomic E-state index is -3.84. The molecule has 138 valence electrons. The Labute approximate surface area is 151 Å². The van der Waals surface area contributed by atoms with E-state index < -0.39 is 21.9 Å². The first-order chi connectivity index (χ1) is 12.3. The Balaban J connectivity index is 1.84. The minimum Gasteiger partial charge on any atom is -0.453 e. The van der Waals surface area contributed by atoms with Crippen molar-refractivity contribution in [1.29, 1.82) is 0 Å². The predicted molar refractivity (Wildman–Crippen MR) is 94.9 cm³/mol. The fourth-order valence-corrected chi connectivity index (χ4v) is 4.04. The lowest BCUT2D eigenvalue weighted by Gasteiger charge is -2.28. The first-order valence-corrected chi connectivity index (χ1v) is 9.52. The van der Waals surface area contributed by atoms with E-state index in [1.54, 1.807) is 17.0 Å². The number of carbonyl (C=O) groups is 1. The van der Waals surface area contributed by atoms with Gasteiger partial charge in [0.05, 0.1) is 12.0 Å². The molecular weight excluding hydrogens is 359 g/mol. The highest BCUT2D eigenvalue weighted by molar-refractivity contribution is 7.92. The normalized spacial score (nSPS) is 13.9. The van der Waals surface area contributed by atoms with Crippen LogP contribution >= 0.6 is 0 Å². The smallest absolute Gasteiger partial charge is 0.409 e. The Morgan fingerprint density at radius 2 is 1.96 bits per heavy atom. The van der Waals surface area contributed by atoms with E-state index in [0.29, 0.717) is 25.2 Å². The first kappa shape index (κ1) is 18.2. The number of anilines is 1. The van der Waals surface area contributed by atoms with Gasteiger partial charge in [-0.05, 0) is 60.4 Å². The van der Waals surface area contributed by atoms with Crippen LogP contribution in [0.5, 0.6) is 0 Å². The average Bonchev–Trinajstić information content (AvgIpc) is 2.62. The SMILES string of the molecule is COC(=O)N1CCc2ccc(NS(=O)(=O)c3ccc(F)c(C)c3)cc2C1. The second kappa shape index (κ2) is 6.95. The number of aryl methyl sites for hydroxylation is 1. The van der Waals surface area contributed by atoms with E-state index >= 15 is 0 Å². The quantitative estimate of drug-likeness (QED) is 0.891. The number of sulfonamides is 1. The molecule has 2 aromatic carbocycles. The van der Waals surface area contributed by atoms with Crippen molar-refractivity contribution in [3.63, 3.8) is 0 Å². The lowest BCUT2D eigenvalue weighted by atomic mass is 9.99. The van der Waals surface area contributed by atoms with E-state index in [9.17, 15) is 17.6 Å². The summed E-state index contributed by atoms with van der Waals surface area (Å²) in [6, 6.07) is 8.87. The third-order valence-electron chi connectivity index (χ3n) is 4.34. The number of rotatable bonds is 3. The van der Waals surface area contributed by atoms with Gasteiger partial charge >= 0.3 is 6.09 Å². The summed E-state index contributed by atoms with van der Waals surface area (Å²) in [4.78, 5) is 13.2. The van der Waals surface area contributed by atoms with Gasteiger partial charge in [0, 0.05) is 18.8 Å². The molecule has 1 amide bonds. The standard InChI is InChI=1S/C18H19FN2O4S/c1-12-9-16(5-6-17(12)19)26(23,24)20-15-4-3-13-7-8-21(18(22)25-2)11-14(13)10-15/h3-6,9-10,20H,7-8,11H2,1-2H3. The zero-order valence-corrected chi connectivity index (χ0v) is 15.3. The van der Waals surface area contributed by atoms with E-state index in [4.69, 9.17) is 4.74 Å². The topological polar surface area (TPSA) is 75.7 Å². The summed E-state index contributed by atoms with van der Waals surface area (Å²) in [6.45, 7) is 2.42. The number of nitrogens with zero attached hydrogens (tertiary/aromatic N) is 1. The van der Waals surface area contributed by atoms with Gasteiger partial charge in [0.15, 0.2) is 0 Å². The molecule has 0 atom stereocenters. The summed E-state index contributed by atoms with van der Waals surface area (Å²) in [5, 5.41) is 0. The van der Waals surface area contributed by atoms with Gasteiger partial charge in [-0.1, -0.05) is 6.07 Å². The number of carbonyl (C=O) groups excluding carboxylic acids is 1. The number of methoxy groups -OCH3 is 1. The van der Waals surface area contributed by atoms with Crippen LogP contribution in [0.15, 0.2) is 41.3 Å². The van der Waals surface area contributed by atoms with Crippen LogP contribution in [0.3, 0.4) is 0 Å². The van der Waals surface area contributed by atoms with Gasteiger partial charge in [-0.3, -0.25) is 4.72 Å². The van der Waals surface area contributed by atoms with E-state index in [1.165, 1.54) is 26.2 Å². The molecule has 0 unspecified atom stereocenters. The molecule has 1 aliphatic heterocycles. The third kappa shape index (κ3) is 3.65. The van der Waals surface area contributed by atoms with E-state index in [1.807, 2.05) is 6.07 Å². The van der Waals surface area contributed by atoms with Crippen LogP contribution < -0.4 is 4.72 Å². The molecule has 0 aromatic heterocycles. The Morgan fingerprint density at radius 1 is 1.19 bits per heavy atom. The summed E-state index contributed by atoms with van der Waals surface area (Å²) in [5.74, 6) is -0.458. The van der Waals surface area contributed by atoms with Crippen molar-refractivity contribution >= 4 is 21.8 Å². The molecule has 1 heterocycles. The van der Waals surface area contributed by atoms with Gasteiger partial charge < -0.3 is 9.64 Å². The van der Waals surface area contributed by atoms with E-state index in [2.05, 4.69) is 4.72 Å². The maximum absolute atomic E-state index is 13.4. The summed E-state index contributed by atoms with van der Waals surface area (Å²) in [6.07, 6.45) is 0.262. The molecule has 0 aliphatic carbocycles. The zero-order chi connectivity index (χ0) is 18.9. The van der Waals surface area contributed by atoms with Crippen LogP contribution in [-0.2, 0) is 27.7 Å². The van der Waals surface area contributed by atoms with E-state index in [0.717, 1.165) is 17.2 Å². The number of amides is 1. The van der Waals surface area contributed by atoms with Gasteiger partial charge in [0.2, 0.25) is 0 Å². The number of benzene rings is 2. The van der Waals surface area contributed by atoms with Crippen LogP contribution in [0, 0.1) is 12.7 Å². The number of hydrogen-bond donors (Lipinski definition) is 1. The Kier molecular flexibility index (Phi) is 4.86. The highest BCUT2D eigenvalue weighted by Crippen LogP contribution is 2.25. The van der Waals surface area contributed by atoms with Crippen LogP contribution in [0.25, 0.3) is 0 Å². The van der Waals surface area contributed by atoms with Crippen molar-refractivity contribution in [2.24, 2.45) is 0 Å². The van der Waals surface area contributed by atoms with Crippen LogP contribution in [0.1, 0.15) is 16.7 Å². The average molecular weight is 378 g/mol. The largest absolute Gasteiger partial charge is 0.453 e. The van der Waals surface area contributed by atoms with Gasteiger partial charge in [-0.25, -0.2) is 17.6 Å². The van der Waals surface area contributed by atoms with Crippen molar-refractivity contribution in [2.75, 3.05) is 18.4 Å². The molecule has 2 aromatic rings. The lowest BCUT2D eigenvalue weighted by molar-refractivity contribution is 0.118. The molecule has 0 saturated carbocycles. The Morgan fingerprint density at radius 3 is 2.65 bits per heavy atom. The maximum Gasteiger partial charge on any atom is 0.409 e. The lowest BCUT2D eigenvalue weighted by Crippen LogP contribution is -2.35. The highest BCUT2D eigenvalue weighted by Gasteiger charge is 2.22. The summed E-state index contributed by atoms with van der Waals surface area (Å²) < 4.78 is 45.7. The summed E-state index contributed by atoms with van der Waals surface area (Å²) in [5.41, 5.74) is 2.56. The maximum atomic E-state index is 13.4. The van der Waals surface area contributed by atoms with Crippen molar-refractivity contribution in [3.05, 3.63) is 58.9 Å². The molecule has 3 rings (SSSR count). The van der Waals surface area contributed by atoms with Crippen LogP contribution in [-0.4, -0.2) is 33.1 Å². The second-order valence-electron chi connectivity index (χ2n) is 6.14. The van der Waals surface area contributed by atoms with Crippen molar-refractivity contribution in [3.8, 4) is 0 Å². The number of fused-ring (bicyclic) bond motifs is 1. The fourth-order valence-electron chi connectivity index (χ4n) is 2.90. The number of nitrogens with one attached hydrogen (secondary N) is 1. The monoisotopic (exact) mass is 378 g/mol. The number of ether oxygens (including phenoxy) is 1. The first-order valence-electron chi connectivity index (χ1n) is 8.04. The molecule has 1 N–H and O–H groups in total. The molecule has 0 radical (unpaired) electrons. The minimum absolute atomic E-state index is 0.00897. The fraction of sp³-hybridized carbons (Fsp3) is 0.278. The van der Waals surface area contributed by atoms with Gasteiger partial charge in [-0.2, -0.15) is 0 Å². The highest BCUT2D eigenvalue weighted by atomic mass is 32.2. The molecule has 0 spiro atoms. The van der Waals surface area contributed by atoms with Gasteiger partial charge in [-0.15, -0.1) is 0 Å². The van der Waals surface area contributed by atoms with Gasteiger partial charge in [0.1, 0.15) is 5.82 Å². The second-order valence-corrected chi connectivity index (χ2v) is 7.82. The molecule has 8 heteroatoms. The Hall–Kier alpha value is -2.61.